The molecular weight excluding hydrogens is 346 g/mol. The predicted molar refractivity (Wildman–Crippen MR) is 117 cm³/mol. The third kappa shape index (κ3) is 3.80. The number of ether oxygens (including phenoxy) is 1. The lowest BCUT2D eigenvalue weighted by Crippen LogP contribution is -2.38. The van der Waals surface area contributed by atoms with Gasteiger partial charge in [0, 0.05) is 29.1 Å². The first-order chi connectivity index (χ1) is 13.7. The molecule has 0 saturated carbocycles. The largest absolute Gasteiger partial charge is 0.496 e. The molecule has 1 aromatic heterocycles. The first kappa shape index (κ1) is 19.0. The average molecular weight is 378 g/mol. The van der Waals surface area contributed by atoms with Crippen LogP contribution >= 0.6 is 0 Å². The lowest BCUT2D eigenvalue weighted by molar-refractivity contribution is 0.221. The molecule has 1 fully saturated rings. The van der Waals surface area contributed by atoms with Crippen LogP contribution in [0.25, 0.3) is 22.2 Å². The van der Waals surface area contributed by atoms with Crippen molar-refractivity contribution in [1.29, 1.82) is 0 Å². The maximum absolute atomic E-state index is 5.88. The van der Waals surface area contributed by atoms with E-state index >= 15 is 0 Å². The molecule has 0 aliphatic carbocycles. The standard InChI is InChI=1S/C24H31N3O/c1-17(16-25)27-12-5-6-18(11-13-27)19-9-10-22-20(14-19)15-23(26-22)21-7-3-4-8-24(21)28-2/h3-4,7-10,14-15,17-18,26H,5-6,11-13,16,25H2,1-2H3. The number of hydrogen-bond donors (Lipinski definition) is 2. The fourth-order valence-corrected chi connectivity index (χ4v) is 4.46. The first-order valence-electron chi connectivity index (χ1n) is 10.4. The third-order valence-electron chi connectivity index (χ3n) is 6.24. The Morgan fingerprint density at radius 3 is 2.82 bits per heavy atom. The maximum Gasteiger partial charge on any atom is 0.128 e. The number of H-pyrrole nitrogens is 1. The number of nitrogens with two attached hydrogens (primary N) is 1. The molecule has 3 N–H and O–H groups in total. The summed E-state index contributed by atoms with van der Waals surface area (Å²) in [6.45, 7) is 5.29. The van der Waals surface area contributed by atoms with E-state index < -0.39 is 0 Å². The number of aromatic amines is 1. The highest BCUT2D eigenvalue weighted by Crippen LogP contribution is 2.34. The molecule has 0 radical (unpaired) electrons. The van der Waals surface area contributed by atoms with Crippen molar-refractivity contribution in [3.63, 3.8) is 0 Å². The molecule has 4 nitrogen and oxygen atoms in total. The first-order valence-corrected chi connectivity index (χ1v) is 10.4. The predicted octanol–water partition coefficient (Wildman–Crippen LogP) is 4.76. The maximum atomic E-state index is 5.88. The van der Waals surface area contributed by atoms with Gasteiger partial charge >= 0.3 is 0 Å². The van der Waals surface area contributed by atoms with Crippen LogP contribution in [-0.2, 0) is 0 Å². The van der Waals surface area contributed by atoms with E-state index in [0.717, 1.165) is 30.1 Å². The molecule has 148 valence electrons. The SMILES string of the molecule is COc1ccccc1-c1cc2cc(C3CCCN(C(C)CN)CC3)ccc2[nH]1. The van der Waals surface area contributed by atoms with E-state index in [9.17, 15) is 0 Å². The highest BCUT2D eigenvalue weighted by molar-refractivity contribution is 5.87. The zero-order valence-corrected chi connectivity index (χ0v) is 16.9. The van der Waals surface area contributed by atoms with Crippen LogP contribution in [0.2, 0.25) is 0 Å². The van der Waals surface area contributed by atoms with Gasteiger partial charge in [0.1, 0.15) is 5.75 Å². The minimum atomic E-state index is 0.481. The van der Waals surface area contributed by atoms with Crippen LogP contribution in [0, 0.1) is 0 Å². The average Bonchev–Trinajstić information content (AvgIpc) is 3.01. The van der Waals surface area contributed by atoms with Gasteiger partial charge in [-0.15, -0.1) is 0 Å². The van der Waals surface area contributed by atoms with Crippen LogP contribution in [0.3, 0.4) is 0 Å². The number of benzene rings is 2. The van der Waals surface area contributed by atoms with E-state index in [4.69, 9.17) is 10.5 Å². The van der Waals surface area contributed by atoms with Crippen molar-refractivity contribution in [2.45, 2.75) is 38.1 Å². The number of hydrogen-bond acceptors (Lipinski definition) is 3. The topological polar surface area (TPSA) is 54.3 Å². The minimum Gasteiger partial charge on any atom is -0.496 e. The monoisotopic (exact) mass is 377 g/mol. The Labute approximate surface area is 167 Å². The molecule has 28 heavy (non-hydrogen) atoms. The van der Waals surface area contributed by atoms with Crippen LogP contribution in [-0.4, -0.2) is 42.7 Å². The second-order valence-electron chi connectivity index (χ2n) is 7.98. The summed E-state index contributed by atoms with van der Waals surface area (Å²) < 4.78 is 5.53. The van der Waals surface area contributed by atoms with E-state index in [2.05, 4.69) is 53.2 Å². The smallest absolute Gasteiger partial charge is 0.128 e. The molecule has 0 bridgehead atoms. The summed E-state index contributed by atoms with van der Waals surface area (Å²) in [4.78, 5) is 6.11. The molecule has 0 amide bonds. The summed E-state index contributed by atoms with van der Waals surface area (Å²) in [6.07, 6.45) is 3.70. The van der Waals surface area contributed by atoms with Crippen LogP contribution in [0.1, 0.15) is 37.7 Å². The molecule has 1 aliphatic heterocycles. The number of likely N-dealkylation sites (tertiary alicyclic amines) is 1. The Morgan fingerprint density at radius 2 is 2.00 bits per heavy atom. The fourth-order valence-electron chi connectivity index (χ4n) is 4.46. The summed E-state index contributed by atoms with van der Waals surface area (Å²) in [7, 11) is 1.72. The van der Waals surface area contributed by atoms with Crippen molar-refractivity contribution in [1.82, 2.24) is 9.88 Å². The van der Waals surface area contributed by atoms with Gasteiger partial charge in [0.15, 0.2) is 0 Å². The molecule has 2 aromatic carbocycles. The Morgan fingerprint density at radius 1 is 1.14 bits per heavy atom. The number of fused-ring (bicyclic) bond motifs is 1. The Kier molecular flexibility index (Phi) is 5.69. The Balaban J connectivity index is 1.58. The van der Waals surface area contributed by atoms with Gasteiger partial charge in [-0.1, -0.05) is 18.2 Å². The highest BCUT2D eigenvalue weighted by atomic mass is 16.5. The van der Waals surface area contributed by atoms with Crippen LogP contribution < -0.4 is 10.5 Å². The van der Waals surface area contributed by atoms with Crippen LogP contribution in [0.4, 0.5) is 0 Å². The van der Waals surface area contributed by atoms with E-state index in [1.54, 1.807) is 7.11 Å². The Hall–Kier alpha value is -2.30. The van der Waals surface area contributed by atoms with Crippen molar-refractivity contribution in [3.05, 3.63) is 54.1 Å². The van der Waals surface area contributed by atoms with Crippen molar-refractivity contribution >= 4 is 10.9 Å². The van der Waals surface area contributed by atoms with Crippen molar-refractivity contribution in [2.75, 3.05) is 26.7 Å². The van der Waals surface area contributed by atoms with Gasteiger partial charge in [-0.2, -0.15) is 0 Å². The van der Waals surface area contributed by atoms with E-state index in [-0.39, 0.29) is 0 Å². The Bertz CT molecular complexity index is 932. The van der Waals surface area contributed by atoms with Crippen molar-refractivity contribution in [2.24, 2.45) is 5.73 Å². The number of para-hydroxylation sites is 1. The number of nitrogens with zero attached hydrogens (tertiary/aromatic N) is 1. The summed E-state index contributed by atoms with van der Waals surface area (Å²) in [6, 6.07) is 17.8. The molecule has 2 heterocycles. The van der Waals surface area contributed by atoms with Gasteiger partial charge in [-0.05, 0) is 81.1 Å². The third-order valence-corrected chi connectivity index (χ3v) is 6.24. The molecular formula is C24H31N3O. The van der Waals surface area contributed by atoms with Crippen LogP contribution in [0.15, 0.2) is 48.5 Å². The summed E-state index contributed by atoms with van der Waals surface area (Å²) in [5.41, 5.74) is 10.7. The van der Waals surface area contributed by atoms with Gasteiger partial charge in [0.25, 0.3) is 0 Å². The second-order valence-corrected chi connectivity index (χ2v) is 7.98. The molecule has 2 unspecified atom stereocenters. The minimum absolute atomic E-state index is 0.481. The normalized spacial score (nSPS) is 19.5. The van der Waals surface area contributed by atoms with E-state index in [1.807, 2.05) is 12.1 Å². The van der Waals surface area contributed by atoms with Gasteiger partial charge in [0.05, 0.1) is 12.8 Å². The van der Waals surface area contributed by atoms with Crippen LogP contribution in [0.5, 0.6) is 5.75 Å². The zero-order chi connectivity index (χ0) is 19.5. The lowest BCUT2D eigenvalue weighted by Gasteiger charge is -2.26. The molecule has 2 atom stereocenters. The number of rotatable bonds is 5. The summed E-state index contributed by atoms with van der Waals surface area (Å²) in [5, 5.41) is 1.27. The quantitative estimate of drug-likeness (QED) is 0.674. The second kappa shape index (κ2) is 8.38. The fraction of sp³-hybridized carbons (Fsp3) is 0.417. The zero-order valence-electron chi connectivity index (χ0n) is 16.9. The molecule has 3 aromatic rings. The van der Waals surface area contributed by atoms with Gasteiger partial charge in [-0.3, -0.25) is 4.90 Å². The van der Waals surface area contributed by atoms with Gasteiger partial charge < -0.3 is 15.5 Å². The molecule has 1 saturated heterocycles. The van der Waals surface area contributed by atoms with E-state index in [0.29, 0.717) is 12.0 Å². The molecule has 0 spiro atoms. The summed E-state index contributed by atoms with van der Waals surface area (Å²) in [5.74, 6) is 1.52. The molecule has 4 rings (SSSR count). The number of nitrogens with one attached hydrogen (secondary N) is 1. The van der Waals surface area contributed by atoms with Crippen molar-refractivity contribution in [3.8, 4) is 17.0 Å². The highest BCUT2D eigenvalue weighted by Gasteiger charge is 2.21. The van der Waals surface area contributed by atoms with Gasteiger partial charge in [-0.25, -0.2) is 0 Å². The number of aromatic nitrogens is 1. The lowest BCUT2D eigenvalue weighted by atomic mass is 9.91. The summed E-state index contributed by atoms with van der Waals surface area (Å²) >= 11 is 0. The van der Waals surface area contributed by atoms with E-state index in [1.165, 1.54) is 42.3 Å². The molecule has 1 aliphatic rings. The molecule has 4 heteroatoms. The van der Waals surface area contributed by atoms with Crippen molar-refractivity contribution < 1.29 is 4.74 Å². The number of methoxy groups -OCH3 is 1. The van der Waals surface area contributed by atoms with Gasteiger partial charge in [0.2, 0.25) is 0 Å².